The molecule has 0 atom stereocenters. The Balaban J connectivity index is 1.81. The lowest BCUT2D eigenvalue weighted by molar-refractivity contribution is -0.0424. The number of benzene rings is 1. The van der Waals surface area contributed by atoms with E-state index in [0.29, 0.717) is 5.41 Å². The molecule has 1 aromatic rings. The van der Waals surface area contributed by atoms with E-state index in [0.717, 1.165) is 31.1 Å². The van der Waals surface area contributed by atoms with Gasteiger partial charge in [-0.25, -0.2) is 0 Å². The second-order valence-corrected chi connectivity index (χ2v) is 10.9. The quantitative estimate of drug-likeness (QED) is 0.499. The van der Waals surface area contributed by atoms with E-state index >= 15 is 0 Å². The second kappa shape index (κ2) is 6.15. The summed E-state index contributed by atoms with van der Waals surface area (Å²) in [5.74, 6) is 1.92. The fourth-order valence-electron chi connectivity index (χ4n) is 4.05. The van der Waals surface area contributed by atoms with Crippen molar-refractivity contribution in [3.8, 4) is 5.75 Å². The molecule has 1 spiro atoms. The molecule has 0 aromatic heterocycles. The maximum Gasteiger partial charge on any atom is 0.161 e. The van der Waals surface area contributed by atoms with Gasteiger partial charge in [-0.3, -0.25) is 5.32 Å². The number of nitrogens with one attached hydrogen (secondary N) is 1. The smallest absolute Gasteiger partial charge is 0.161 e. The lowest BCUT2D eigenvalue weighted by Gasteiger charge is -2.47. The van der Waals surface area contributed by atoms with E-state index in [4.69, 9.17) is 4.74 Å². The molecule has 0 saturated heterocycles. The molecule has 3 heteroatoms. The third kappa shape index (κ3) is 3.62. The summed E-state index contributed by atoms with van der Waals surface area (Å²) in [6.45, 7) is 14.9. The average Bonchev–Trinajstić information content (AvgIpc) is 2.46. The van der Waals surface area contributed by atoms with Crippen molar-refractivity contribution in [2.45, 2.75) is 84.9 Å². The van der Waals surface area contributed by atoms with Gasteiger partial charge in [-0.05, 0) is 63.8 Å². The molecular formula is C21H32INO. The van der Waals surface area contributed by atoms with Gasteiger partial charge in [0.25, 0.3) is 0 Å². The van der Waals surface area contributed by atoms with Crippen LogP contribution in [0.15, 0.2) is 12.1 Å². The van der Waals surface area contributed by atoms with Gasteiger partial charge in [0.1, 0.15) is 5.75 Å². The largest absolute Gasteiger partial charge is 0.471 e. The van der Waals surface area contributed by atoms with Crippen molar-refractivity contribution < 1.29 is 4.74 Å². The molecule has 1 aliphatic heterocycles. The Morgan fingerprint density at radius 2 is 1.71 bits per heavy atom. The van der Waals surface area contributed by atoms with Gasteiger partial charge in [-0.2, -0.15) is 0 Å². The monoisotopic (exact) mass is 441 g/mol. The molecule has 1 aliphatic carbocycles. The fourth-order valence-corrected chi connectivity index (χ4v) is 4.84. The number of hydrogen-bond donors (Lipinski definition) is 1. The number of ether oxygens (including phenoxy) is 1. The Kier molecular flexibility index (Phi) is 4.74. The van der Waals surface area contributed by atoms with Crippen LogP contribution in [-0.4, -0.2) is 5.72 Å². The summed E-state index contributed by atoms with van der Waals surface area (Å²) in [4.78, 5) is 0. The van der Waals surface area contributed by atoms with Gasteiger partial charge in [0.05, 0.1) is 3.57 Å². The van der Waals surface area contributed by atoms with E-state index in [9.17, 15) is 0 Å². The van der Waals surface area contributed by atoms with Crippen LogP contribution in [0.25, 0.3) is 0 Å². The van der Waals surface area contributed by atoms with Crippen LogP contribution in [-0.2, 0) is 12.0 Å². The van der Waals surface area contributed by atoms with Crippen LogP contribution in [0.4, 0.5) is 0 Å². The van der Waals surface area contributed by atoms with Crippen LogP contribution in [0.1, 0.15) is 78.4 Å². The summed E-state index contributed by atoms with van der Waals surface area (Å²) < 4.78 is 7.86. The lowest BCUT2D eigenvalue weighted by Crippen LogP contribution is -2.55. The predicted molar refractivity (Wildman–Crippen MR) is 109 cm³/mol. The maximum atomic E-state index is 6.60. The minimum Gasteiger partial charge on any atom is -0.471 e. The van der Waals surface area contributed by atoms with Crippen LogP contribution < -0.4 is 10.1 Å². The number of halogens is 1. The molecule has 0 unspecified atom stereocenters. The van der Waals surface area contributed by atoms with Crippen LogP contribution in [0, 0.1) is 14.9 Å². The molecule has 2 nitrogen and oxygen atoms in total. The van der Waals surface area contributed by atoms with E-state index in [1.165, 1.54) is 27.5 Å². The number of fused-ring (bicyclic) bond motifs is 1. The highest BCUT2D eigenvalue weighted by Crippen LogP contribution is 2.45. The summed E-state index contributed by atoms with van der Waals surface area (Å²) in [5, 5.41) is 3.74. The summed E-state index contributed by atoms with van der Waals surface area (Å²) in [5.41, 5.74) is 3.15. The van der Waals surface area contributed by atoms with Gasteiger partial charge in [0.15, 0.2) is 5.72 Å². The third-order valence-corrected chi connectivity index (χ3v) is 6.70. The molecule has 0 radical (unpaired) electrons. The summed E-state index contributed by atoms with van der Waals surface area (Å²) >= 11 is 2.45. The first-order valence-corrected chi connectivity index (χ1v) is 10.4. The molecule has 1 aromatic carbocycles. The Morgan fingerprint density at radius 3 is 2.25 bits per heavy atom. The zero-order valence-electron chi connectivity index (χ0n) is 16.1. The first kappa shape index (κ1) is 18.5. The van der Waals surface area contributed by atoms with E-state index in [1.807, 2.05) is 0 Å². The summed E-state index contributed by atoms with van der Waals surface area (Å²) in [7, 11) is 0. The highest BCUT2D eigenvalue weighted by Gasteiger charge is 2.42. The zero-order chi connectivity index (χ0) is 17.8. The first-order valence-electron chi connectivity index (χ1n) is 9.27. The van der Waals surface area contributed by atoms with Crippen molar-refractivity contribution in [2.75, 3.05) is 0 Å². The van der Waals surface area contributed by atoms with Crippen LogP contribution >= 0.6 is 22.6 Å². The molecule has 1 N–H and O–H groups in total. The molecule has 2 aliphatic rings. The molecule has 3 rings (SSSR count). The fraction of sp³-hybridized carbons (Fsp3) is 0.714. The van der Waals surface area contributed by atoms with Crippen molar-refractivity contribution in [3.63, 3.8) is 0 Å². The standard InChI is InChI=1S/C21H32INO/c1-19(2,3)15-7-9-21(10-8-15)23-13-14-11-16(20(4,5)6)12-17(22)18(14)24-21/h11-12,15,23H,7-10,13H2,1-6H3. The van der Waals surface area contributed by atoms with Crippen molar-refractivity contribution >= 4 is 22.6 Å². The molecular weight excluding hydrogens is 409 g/mol. The van der Waals surface area contributed by atoms with Gasteiger partial charge < -0.3 is 4.74 Å². The van der Waals surface area contributed by atoms with Crippen LogP contribution in [0.5, 0.6) is 5.75 Å². The van der Waals surface area contributed by atoms with Crippen molar-refractivity contribution in [2.24, 2.45) is 11.3 Å². The predicted octanol–water partition coefficient (Wildman–Crippen LogP) is 6.00. The van der Waals surface area contributed by atoms with E-state index in [-0.39, 0.29) is 11.1 Å². The van der Waals surface area contributed by atoms with Gasteiger partial charge >= 0.3 is 0 Å². The number of rotatable bonds is 0. The van der Waals surface area contributed by atoms with E-state index in [2.05, 4.69) is 81.6 Å². The summed E-state index contributed by atoms with van der Waals surface area (Å²) in [6.07, 6.45) is 4.74. The third-order valence-electron chi connectivity index (χ3n) is 5.90. The molecule has 1 heterocycles. The molecule has 134 valence electrons. The van der Waals surface area contributed by atoms with E-state index < -0.39 is 0 Å². The Labute approximate surface area is 161 Å². The van der Waals surface area contributed by atoms with E-state index in [1.54, 1.807) is 0 Å². The van der Waals surface area contributed by atoms with Crippen molar-refractivity contribution in [3.05, 3.63) is 26.8 Å². The molecule has 24 heavy (non-hydrogen) atoms. The second-order valence-electron chi connectivity index (χ2n) is 9.79. The highest BCUT2D eigenvalue weighted by molar-refractivity contribution is 14.1. The zero-order valence-corrected chi connectivity index (χ0v) is 18.2. The Hall–Kier alpha value is -0.290. The Morgan fingerprint density at radius 1 is 1.08 bits per heavy atom. The molecule has 1 fully saturated rings. The minimum atomic E-state index is -0.141. The number of hydrogen-bond acceptors (Lipinski definition) is 2. The van der Waals surface area contributed by atoms with Gasteiger partial charge in [-0.15, -0.1) is 0 Å². The van der Waals surface area contributed by atoms with Gasteiger partial charge in [0.2, 0.25) is 0 Å². The topological polar surface area (TPSA) is 21.3 Å². The normalized spacial score (nSPS) is 27.7. The van der Waals surface area contributed by atoms with Gasteiger partial charge in [-0.1, -0.05) is 47.6 Å². The minimum absolute atomic E-state index is 0.141. The van der Waals surface area contributed by atoms with Crippen LogP contribution in [0.3, 0.4) is 0 Å². The molecule has 1 saturated carbocycles. The summed E-state index contributed by atoms with van der Waals surface area (Å²) in [6, 6.07) is 4.64. The maximum absolute atomic E-state index is 6.60. The van der Waals surface area contributed by atoms with Crippen LogP contribution in [0.2, 0.25) is 0 Å². The lowest BCUT2D eigenvalue weighted by atomic mass is 9.70. The highest BCUT2D eigenvalue weighted by atomic mass is 127. The molecule has 0 bridgehead atoms. The van der Waals surface area contributed by atoms with Crippen molar-refractivity contribution in [1.29, 1.82) is 0 Å². The van der Waals surface area contributed by atoms with Crippen molar-refractivity contribution in [1.82, 2.24) is 5.32 Å². The average molecular weight is 441 g/mol. The SMILES string of the molecule is CC(C)(C)c1cc(I)c2c(c1)CNC1(CCC(C(C)(C)C)CC1)O2. The molecule has 0 amide bonds. The van der Waals surface area contributed by atoms with Gasteiger partial charge in [0, 0.05) is 24.9 Å². The first-order chi connectivity index (χ1) is 11.0. The Bertz CT molecular complexity index is 616.